The van der Waals surface area contributed by atoms with Crippen molar-refractivity contribution in [3.05, 3.63) is 34.4 Å². The van der Waals surface area contributed by atoms with Gasteiger partial charge in [0.15, 0.2) is 0 Å². The Kier molecular flexibility index (Phi) is 6.31. The van der Waals surface area contributed by atoms with E-state index in [0.717, 1.165) is 13.1 Å². The molecule has 0 atom stereocenters. The average Bonchev–Trinajstić information content (AvgIpc) is 2.43. The maximum absolute atomic E-state index is 10.5. The van der Waals surface area contributed by atoms with E-state index in [-0.39, 0.29) is 5.69 Å². The van der Waals surface area contributed by atoms with Crippen LogP contribution in [0.2, 0.25) is 0 Å². The van der Waals surface area contributed by atoms with Crippen molar-refractivity contribution in [1.82, 2.24) is 4.31 Å². The number of nitrogens with zero attached hydrogens (tertiary/aromatic N) is 3. The van der Waals surface area contributed by atoms with Crippen LogP contribution in [0.1, 0.15) is 13.8 Å². The summed E-state index contributed by atoms with van der Waals surface area (Å²) in [6, 6.07) is 6.04. The molecule has 1 aromatic carbocycles. The van der Waals surface area contributed by atoms with Gasteiger partial charge in [-0.1, -0.05) is 13.8 Å². The van der Waals surface area contributed by atoms with Crippen LogP contribution in [-0.2, 0) is 4.74 Å². The Morgan fingerprint density at radius 3 is 2.37 bits per heavy atom. The number of nitro benzene ring substituents is 1. The highest BCUT2D eigenvalue weighted by molar-refractivity contribution is 8.11. The predicted molar refractivity (Wildman–Crippen MR) is 77.7 cm³/mol. The van der Waals surface area contributed by atoms with E-state index in [0.29, 0.717) is 10.9 Å². The summed E-state index contributed by atoms with van der Waals surface area (Å²) >= 11 is 1.42. The SMILES string of the molecule is CCN(CC)SC(=Nc1ccc([N+](=O)[O-])cc1)OC. The monoisotopic (exact) mass is 283 g/mol. The zero-order valence-corrected chi connectivity index (χ0v) is 12.0. The third kappa shape index (κ3) is 4.88. The quantitative estimate of drug-likeness (QED) is 0.273. The van der Waals surface area contributed by atoms with E-state index in [9.17, 15) is 10.1 Å². The lowest BCUT2D eigenvalue weighted by Gasteiger charge is -2.16. The van der Waals surface area contributed by atoms with Gasteiger partial charge in [-0.05, 0) is 12.1 Å². The maximum Gasteiger partial charge on any atom is 0.269 e. The van der Waals surface area contributed by atoms with Crippen LogP contribution >= 0.6 is 11.9 Å². The fourth-order valence-corrected chi connectivity index (χ4v) is 2.02. The van der Waals surface area contributed by atoms with Crippen molar-refractivity contribution in [2.24, 2.45) is 4.99 Å². The molecule has 0 aliphatic heterocycles. The summed E-state index contributed by atoms with van der Waals surface area (Å²) in [5.41, 5.74) is 0.677. The number of nitro groups is 1. The molecule has 6 nitrogen and oxygen atoms in total. The number of hydrogen-bond acceptors (Lipinski definition) is 6. The molecule has 7 heteroatoms. The molecule has 1 aromatic rings. The van der Waals surface area contributed by atoms with Gasteiger partial charge in [0.1, 0.15) is 0 Å². The second-order valence-corrected chi connectivity index (χ2v) is 4.61. The first kappa shape index (κ1) is 15.5. The number of aliphatic imine (C=N–C) groups is 1. The summed E-state index contributed by atoms with van der Waals surface area (Å²) < 4.78 is 7.29. The number of ether oxygens (including phenoxy) is 1. The lowest BCUT2D eigenvalue weighted by atomic mass is 10.3. The van der Waals surface area contributed by atoms with E-state index in [1.807, 2.05) is 0 Å². The van der Waals surface area contributed by atoms with Gasteiger partial charge in [-0.2, -0.15) is 0 Å². The van der Waals surface area contributed by atoms with Gasteiger partial charge >= 0.3 is 0 Å². The van der Waals surface area contributed by atoms with Gasteiger partial charge in [-0.15, -0.1) is 0 Å². The molecule has 0 bridgehead atoms. The van der Waals surface area contributed by atoms with Crippen molar-refractivity contribution in [1.29, 1.82) is 0 Å². The van der Waals surface area contributed by atoms with Crippen LogP contribution in [0.15, 0.2) is 29.3 Å². The summed E-state index contributed by atoms with van der Waals surface area (Å²) in [7, 11) is 1.56. The zero-order valence-electron chi connectivity index (χ0n) is 11.2. The smallest absolute Gasteiger partial charge is 0.269 e. The fourth-order valence-electron chi connectivity index (χ4n) is 1.32. The first-order valence-corrected chi connectivity index (χ1v) is 6.68. The lowest BCUT2D eigenvalue weighted by molar-refractivity contribution is -0.384. The molecular weight excluding hydrogens is 266 g/mol. The standard InChI is InChI=1S/C12H17N3O3S/c1-4-14(5-2)19-12(18-3)13-10-6-8-11(9-7-10)15(16)17/h6-9H,4-5H2,1-3H3. The van der Waals surface area contributed by atoms with Gasteiger partial charge < -0.3 is 4.74 Å². The van der Waals surface area contributed by atoms with E-state index in [1.165, 1.54) is 24.1 Å². The molecule has 0 aromatic heterocycles. The highest BCUT2D eigenvalue weighted by atomic mass is 32.2. The summed E-state index contributed by atoms with van der Waals surface area (Å²) in [6.45, 7) is 5.86. The van der Waals surface area contributed by atoms with E-state index in [2.05, 4.69) is 23.1 Å². The van der Waals surface area contributed by atoms with E-state index < -0.39 is 4.92 Å². The molecule has 0 N–H and O–H groups in total. The van der Waals surface area contributed by atoms with Crippen LogP contribution in [-0.4, -0.2) is 34.7 Å². The minimum atomic E-state index is -0.435. The highest BCUT2D eigenvalue weighted by Crippen LogP contribution is 2.21. The van der Waals surface area contributed by atoms with Crippen LogP contribution in [0.5, 0.6) is 0 Å². The number of methoxy groups -OCH3 is 1. The Morgan fingerprint density at radius 1 is 1.37 bits per heavy atom. The Balaban J connectivity index is 2.82. The highest BCUT2D eigenvalue weighted by Gasteiger charge is 2.08. The number of non-ortho nitro benzene ring substituents is 1. The molecule has 0 amide bonds. The van der Waals surface area contributed by atoms with Crippen LogP contribution < -0.4 is 0 Å². The Morgan fingerprint density at radius 2 is 1.95 bits per heavy atom. The van der Waals surface area contributed by atoms with Crippen molar-refractivity contribution in [3.8, 4) is 0 Å². The third-order valence-electron chi connectivity index (χ3n) is 2.37. The van der Waals surface area contributed by atoms with E-state index >= 15 is 0 Å². The minimum absolute atomic E-state index is 0.0503. The van der Waals surface area contributed by atoms with Crippen LogP contribution in [0, 0.1) is 10.1 Å². The third-order valence-corrected chi connectivity index (χ3v) is 3.56. The van der Waals surface area contributed by atoms with Gasteiger partial charge in [0, 0.05) is 37.2 Å². The molecule has 0 spiro atoms. The number of rotatable bonds is 5. The van der Waals surface area contributed by atoms with Gasteiger partial charge in [0.2, 0.25) is 0 Å². The first-order valence-electron chi connectivity index (χ1n) is 5.90. The van der Waals surface area contributed by atoms with Crippen molar-refractivity contribution >= 4 is 28.6 Å². The first-order chi connectivity index (χ1) is 9.10. The maximum atomic E-state index is 10.5. The molecular formula is C12H17N3O3S. The summed E-state index contributed by atoms with van der Waals surface area (Å²) in [6.07, 6.45) is 0. The summed E-state index contributed by atoms with van der Waals surface area (Å²) in [4.78, 5) is 14.4. The molecule has 0 radical (unpaired) electrons. The average molecular weight is 283 g/mol. The van der Waals surface area contributed by atoms with Gasteiger partial charge in [0.25, 0.3) is 10.9 Å². The molecule has 19 heavy (non-hydrogen) atoms. The largest absolute Gasteiger partial charge is 0.475 e. The zero-order chi connectivity index (χ0) is 14.3. The Bertz CT molecular complexity index is 444. The van der Waals surface area contributed by atoms with E-state index in [1.54, 1.807) is 19.2 Å². The molecule has 0 fully saturated rings. The molecule has 0 saturated carbocycles. The van der Waals surface area contributed by atoms with Crippen molar-refractivity contribution in [3.63, 3.8) is 0 Å². The normalized spacial score (nSPS) is 11.7. The van der Waals surface area contributed by atoms with Crippen LogP contribution in [0.25, 0.3) is 0 Å². The molecule has 0 unspecified atom stereocenters. The van der Waals surface area contributed by atoms with Gasteiger partial charge in [0.05, 0.1) is 17.7 Å². The molecule has 0 aliphatic carbocycles. The Labute approximate surface area is 116 Å². The second-order valence-electron chi connectivity index (χ2n) is 3.56. The summed E-state index contributed by atoms with van der Waals surface area (Å²) in [5.74, 6) is 0. The van der Waals surface area contributed by atoms with Gasteiger partial charge in [-0.3, -0.25) is 10.1 Å². The van der Waals surface area contributed by atoms with Gasteiger partial charge in [-0.25, -0.2) is 9.30 Å². The van der Waals surface area contributed by atoms with Crippen LogP contribution in [0.3, 0.4) is 0 Å². The second kappa shape index (κ2) is 7.75. The fraction of sp³-hybridized carbons (Fsp3) is 0.417. The topological polar surface area (TPSA) is 68.0 Å². The molecule has 0 aliphatic rings. The van der Waals surface area contributed by atoms with Crippen LogP contribution in [0.4, 0.5) is 11.4 Å². The van der Waals surface area contributed by atoms with E-state index in [4.69, 9.17) is 4.74 Å². The van der Waals surface area contributed by atoms with Crippen molar-refractivity contribution < 1.29 is 9.66 Å². The molecule has 104 valence electrons. The molecule has 0 saturated heterocycles. The van der Waals surface area contributed by atoms with Crippen molar-refractivity contribution in [2.45, 2.75) is 13.8 Å². The Hall–Kier alpha value is -1.60. The number of benzene rings is 1. The van der Waals surface area contributed by atoms with Crippen molar-refractivity contribution in [2.75, 3.05) is 20.2 Å². The molecule has 0 heterocycles. The summed E-state index contributed by atoms with van der Waals surface area (Å²) in [5, 5.41) is 11.1. The number of hydrogen-bond donors (Lipinski definition) is 0. The predicted octanol–water partition coefficient (Wildman–Crippen LogP) is 3.22. The minimum Gasteiger partial charge on any atom is -0.475 e. The lowest BCUT2D eigenvalue weighted by Crippen LogP contribution is -2.17. The molecule has 1 rings (SSSR count).